The first kappa shape index (κ1) is 14.6. The van der Waals surface area contributed by atoms with Crippen LogP contribution in [0.15, 0.2) is 46.2 Å². The second-order valence-electron chi connectivity index (χ2n) is 4.59. The number of rotatable bonds is 1. The third-order valence-electron chi connectivity index (χ3n) is 3.26. The number of benzene rings is 2. The Balaban J connectivity index is 2.38. The number of fused-ring (bicyclic) bond motifs is 2. The number of nitrogens with one attached hydrogen (secondary N) is 1. The highest BCUT2D eigenvalue weighted by Crippen LogP contribution is 2.36. The Morgan fingerprint density at radius 3 is 2.50 bits per heavy atom. The van der Waals surface area contributed by atoms with Gasteiger partial charge in [-0.2, -0.15) is 0 Å². The fraction of sp³-hybridized carbons (Fsp3) is 0. The molecule has 0 bridgehead atoms. The number of halogens is 1. The normalized spacial score (nSPS) is 15.2. The van der Waals surface area contributed by atoms with Gasteiger partial charge in [0.25, 0.3) is 5.91 Å². The van der Waals surface area contributed by atoms with Crippen molar-refractivity contribution in [2.24, 2.45) is 0 Å². The molecule has 0 atom stereocenters. The minimum absolute atomic E-state index is 0.00769. The van der Waals surface area contributed by atoms with Crippen LogP contribution in [0.5, 0.6) is 0 Å². The molecule has 0 saturated heterocycles. The zero-order valence-electron chi connectivity index (χ0n) is 10.8. The predicted octanol–water partition coefficient (Wildman–Crippen LogP) is 2.44. The van der Waals surface area contributed by atoms with Gasteiger partial charge in [0.2, 0.25) is 9.84 Å². The largest absolute Gasteiger partial charge is 0.478 e. The lowest BCUT2D eigenvalue weighted by atomic mass is 10.1. The quantitative estimate of drug-likeness (QED) is 0.832. The first-order valence-electron chi connectivity index (χ1n) is 6.04. The summed E-state index contributed by atoms with van der Waals surface area (Å²) in [5.41, 5.74) is -0.406. The van der Waals surface area contributed by atoms with Crippen molar-refractivity contribution in [1.29, 1.82) is 0 Å². The van der Waals surface area contributed by atoms with Crippen LogP contribution < -0.4 is 5.32 Å². The number of anilines is 1. The zero-order chi connectivity index (χ0) is 16.1. The molecule has 0 saturated carbocycles. The van der Waals surface area contributed by atoms with E-state index in [0.717, 1.165) is 12.1 Å². The molecule has 0 unspecified atom stereocenters. The number of carbonyl (C=O) groups excluding carboxylic acids is 1. The average molecular weight is 338 g/mol. The van der Waals surface area contributed by atoms with Crippen LogP contribution in [0.3, 0.4) is 0 Å². The summed E-state index contributed by atoms with van der Waals surface area (Å²) in [7, 11) is -4.00. The van der Waals surface area contributed by atoms with Crippen LogP contribution in [0.1, 0.15) is 20.7 Å². The van der Waals surface area contributed by atoms with Crippen molar-refractivity contribution in [3.05, 3.63) is 52.5 Å². The Hall–Kier alpha value is -2.38. The van der Waals surface area contributed by atoms with E-state index in [1.165, 1.54) is 18.2 Å². The lowest BCUT2D eigenvalue weighted by Gasteiger charge is -2.09. The van der Waals surface area contributed by atoms with E-state index in [9.17, 15) is 18.0 Å². The summed E-state index contributed by atoms with van der Waals surface area (Å²) in [6.45, 7) is 0. The minimum Gasteiger partial charge on any atom is -0.478 e. The van der Waals surface area contributed by atoms with Crippen LogP contribution in [0, 0.1) is 0 Å². The summed E-state index contributed by atoms with van der Waals surface area (Å²) < 4.78 is 25.4. The van der Waals surface area contributed by atoms with E-state index in [4.69, 9.17) is 16.7 Å². The Labute approximate surface area is 130 Å². The Kier molecular flexibility index (Phi) is 3.19. The summed E-state index contributed by atoms with van der Waals surface area (Å²) in [5, 5.41) is 11.3. The molecule has 2 aromatic rings. The smallest absolute Gasteiger partial charge is 0.337 e. The third kappa shape index (κ3) is 2.06. The van der Waals surface area contributed by atoms with Gasteiger partial charge in [0.1, 0.15) is 0 Å². The maximum Gasteiger partial charge on any atom is 0.337 e. The van der Waals surface area contributed by atoms with E-state index in [1.807, 2.05) is 0 Å². The lowest BCUT2D eigenvalue weighted by molar-refractivity contribution is 0.0696. The maximum atomic E-state index is 12.7. The molecule has 22 heavy (non-hydrogen) atoms. The first-order valence-corrected chi connectivity index (χ1v) is 7.91. The summed E-state index contributed by atoms with van der Waals surface area (Å²) in [5.74, 6) is -1.95. The Morgan fingerprint density at radius 1 is 1.14 bits per heavy atom. The van der Waals surface area contributed by atoms with E-state index >= 15 is 0 Å². The molecule has 1 amide bonds. The standard InChI is InChI=1S/C14H8ClNO5S/c15-9-6-12-10(5-8(9)14(18)19)16-13(17)7-3-1-2-4-11(7)22(12,20)21/h1-6H,(H,16,17)(H,18,19). The van der Waals surface area contributed by atoms with Crippen molar-refractivity contribution in [1.82, 2.24) is 0 Å². The summed E-state index contributed by atoms with van der Waals surface area (Å²) in [6.07, 6.45) is 0. The van der Waals surface area contributed by atoms with Crippen molar-refractivity contribution in [3.8, 4) is 0 Å². The molecule has 1 aliphatic rings. The number of hydrogen-bond acceptors (Lipinski definition) is 4. The van der Waals surface area contributed by atoms with Gasteiger partial charge in [-0.05, 0) is 24.3 Å². The van der Waals surface area contributed by atoms with Gasteiger partial charge in [0.15, 0.2) is 0 Å². The van der Waals surface area contributed by atoms with Crippen LogP contribution in [0.25, 0.3) is 0 Å². The fourth-order valence-corrected chi connectivity index (χ4v) is 4.16. The summed E-state index contributed by atoms with van der Waals surface area (Å²) in [4.78, 5) is 22.9. The van der Waals surface area contributed by atoms with Gasteiger partial charge in [-0.3, -0.25) is 4.79 Å². The summed E-state index contributed by atoms with van der Waals surface area (Å²) in [6, 6.07) is 7.83. The molecule has 112 valence electrons. The van der Waals surface area contributed by atoms with Gasteiger partial charge in [0, 0.05) is 0 Å². The van der Waals surface area contributed by atoms with Crippen LogP contribution in [-0.2, 0) is 9.84 Å². The monoisotopic (exact) mass is 337 g/mol. The SMILES string of the molecule is O=C(O)c1cc2c(cc1Cl)S(=O)(=O)c1ccccc1C(=O)N2. The number of amides is 1. The van der Waals surface area contributed by atoms with E-state index in [0.29, 0.717) is 0 Å². The van der Waals surface area contributed by atoms with Crippen molar-refractivity contribution in [2.45, 2.75) is 9.79 Å². The van der Waals surface area contributed by atoms with E-state index in [1.54, 1.807) is 6.07 Å². The van der Waals surface area contributed by atoms with Crippen LogP contribution in [0.4, 0.5) is 5.69 Å². The molecule has 3 rings (SSSR count). The van der Waals surface area contributed by atoms with Gasteiger partial charge >= 0.3 is 5.97 Å². The molecular weight excluding hydrogens is 330 g/mol. The van der Waals surface area contributed by atoms with Gasteiger partial charge in [-0.15, -0.1) is 0 Å². The number of carboxylic acids is 1. The molecule has 6 nitrogen and oxygen atoms in total. The topological polar surface area (TPSA) is 101 Å². The van der Waals surface area contributed by atoms with Gasteiger partial charge < -0.3 is 10.4 Å². The van der Waals surface area contributed by atoms with Crippen molar-refractivity contribution < 1.29 is 23.1 Å². The van der Waals surface area contributed by atoms with E-state index < -0.39 is 21.7 Å². The molecule has 0 fully saturated rings. The Bertz CT molecular complexity index is 936. The van der Waals surface area contributed by atoms with Gasteiger partial charge in [0.05, 0.1) is 31.6 Å². The predicted molar refractivity (Wildman–Crippen MR) is 78.3 cm³/mol. The number of hydrogen-bond donors (Lipinski definition) is 2. The Morgan fingerprint density at radius 2 is 1.82 bits per heavy atom. The molecule has 2 aromatic carbocycles. The number of aromatic carboxylic acids is 1. The van der Waals surface area contributed by atoms with Crippen molar-refractivity contribution >= 4 is 39.0 Å². The number of carboxylic acid groups (broad SMARTS) is 1. The average Bonchev–Trinajstić information content (AvgIpc) is 2.54. The van der Waals surface area contributed by atoms with Crippen LogP contribution >= 0.6 is 11.6 Å². The second kappa shape index (κ2) is 4.82. The number of sulfone groups is 1. The van der Waals surface area contributed by atoms with Gasteiger partial charge in [-0.25, -0.2) is 13.2 Å². The van der Waals surface area contributed by atoms with E-state index in [-0.39, 0.29) is 31.6 Å². The van der Waals surface area contributed by atoms with Crippen molar-refractivity contribution in [3.63, 3.8) is 0 Å². The highest BCUT2D eigenvalue weighted by atomic mass is 35.5. The van der Waals surface area contributed by atoms with Crippen LogP contribution in [0.2, 0.25) is 5.02 Å². The number of carbonyl (C=O) groups is 2. The molecule has 8 heteroatoms. The van der Waals surface area contributed by atoms with Crippen molar-refractivity contribution in [2.75, 3.05) is 5.32 Å². The molecule has 1 aliphatic heterocycles. The third-order valence-corrected chi connectivity index (χ3v) is 5.42. The molecule has 0 aliphatic carbocycles. The minimum atomic E-state index is -4.00. The molecule has 0 aromatic heterocycles. The summed E-state index contributed by atoms with van der Waals surface area (Å²) >= 11 is 5.84. The maximum absolute atomic E-state index is 12.7. The fourth-order valence-electron chi connectivity index (χ4n) is 2.24. The molecule has 0 radical (unpaired) electrons. The molecule has 1 heterocycles. The second-order valence-corrected chi connectivity index (χ2v) is 6.88. The molecule has 0 spiro atoms. The highest BCUT2D eigenvalue weighted by Gasteiger charge is 2.32. The molecule has 2 N–H and O–H groups in total. The van der Waals surface area contributed by atoms with Crippen LogP contribution in [-0.4, -0.2) is 25.4 Å². The highest BCUT2D eigenvalue weighted by molar-refractivity contribution is 7.91. The van der Waals surface area contributed by atoms with Gasteiger partial charge in [-0.1, -0.05) is 23.7 Å². The first-order chi connectivity index (χ1) is 10.3. The lowest BCUT2D eigenvalue weighted by Crippen LogP contribution is -2.12. The van der Waals surface area contributed by atoms with E-state index in [2.05, 4.69) is 5.32 Å². The molecular formula is C14H8ClNO5S. The zero-order valence-corrected chi connectivity index (χ0v) is 12.4.